The smallest absolute Gasteiger partial charge is 0.177 e. The van der Waals surface area contributed by atoms with E-state index in [2.05, 4.69) is 32.9 Å². The van der Waals surface area contributed by atoms with Crippen LogP contribution in [0.3, 0.4) is 0 Å². The standard InChI is InChI=1S/C23H22ClFN4/c1-13(22-28-21-10-16(24)12-27-23(21)29-22)14-2-4-15(5-3-14)18-8-9-26-20-7-6-17(25)11-19(18)20/h6-15H,2-5H2,1H3,(H,27,28,29)/t13-,14?,15?/m1/s1. The zero-order valence-corrected chi connectivity index (χ0v) is 17.0. The van der Waals surface area contributed by atoms with Gasteiger partial charge in [0.25, 0.3) is 0 Å². The first kappa shape index (κ1) is 18.5. The first-order valence-electron chi connectivity index (χ1n) is 10.1. The molecule has 1 fully saturated rings. The molecule has 0 aliphatic heterocycles. The molecule has 1 aromatic carbocycles. The highest BCUT2D eigenvalue weighted by molar-refractivity contribution is 6.31. The fourth-order valence-corrected chi connectivity index (χ4v) is 4.92. The molecule has 3 aromatic heterocycles. The maximum atomic E-state index is 13.8. The maximum Gasteiger partial charge on any atom is 0.177 e. The van der Waals surface area contributed by atoms with E-state index in [1.165, 1.54) is 11.6 Å². The van der Waals surface area contributed by atoms with Crippen molar-refractivity contribution < 1.29 is 4.39 Å². The highest BCUT2D eigenvalue weighted by atomic mass is 35.5. The summed E-state index contributed by atoms with van der Waals surface area (Å²) in [4.78, 5) is 16.8. The lowest BCUT2D eigenvalue weighted by atomic mass is 9.73. The Morgan fingerprint density at radius 3 is 2.76 bits per heavy atom. The molecule has 1 aliphatic carbocycles. The monoisotopic (exact) mass is 408 g/mol. The molecule has 4 aromatic rings. The third kappa shape index (κ3) is 3.48. The van der Waals surface area contributed by atoms with Crippen LogP contribution in [-0.2, 0) is 0 Å². The van der Waals surface area contributed by atoms with Crippen LogP contribution in [0.4, 0.5) is 4.39 Å². The Morgan fingerprint density at radius 1 is 1.10 bits per heavy atom. The summed E-state index contributed by atoms with van der Waals surface area (Å²) in [5.74, 6) is 2.12. The predicted molar refractivity (Wildman–Crippen MR) is 114 cm³/mol. The molecular weight excluding hydrogens is 387 g/mol. The van der Waals surface area contributed by atoms with Crippen molar-refractivity contribution in [3.05, 3.63) is 65.0 Å². The number of hydrogen-bond donors (Lipinski definition) is 1. The third-order valence-corrected chi connectivity index (χ3v) is 6.62. The molecule has 5 rings (SSSR count). The Morgan fingerprint density at radius 2 is 1.93 bits per heavy atom. The van der Waals surface area contributed by atoms with Crippen molar-refractivity contribution in [3.8, 4) is 0 Å². The SMILES string of the molecule is C[C@@H](c1nc2ncc(Cl)cc2[nH]1)C1CCC(c2ccnc3ccc(F)cc23)CC1. The zero-order chi connectivity index (χ0) is 20.0. The summed E-state index contributed by atoms with van der Waals surface area (Å²) in [5, 5.41) is 1.56. The van der Waals surface area contributed by atoms with Gasteiger partial charge in [0, 0.05) is 23.7 Å². The molecule has 4 nitrogen and oxygen atoms in total. The number of aromatic amines is 1. The van der Waals surface area contributed by atoms with Gasteiger partial charge in [-0.2, -0.15) is 0 Å². The number of nitrogens with zero attached hydrogens (tertiary/aromatic N) is 3. The summed E-state index contributed by atoms with van der Waals surface area (Å²) in [6, 6.07) is 8.80. The Bertz CT molecular complexity index is 1180. The van der Waals surface area contributed by atoms with E-state index in [0.717, 1.165) is 53.6 Å². The van der Waals surface area contributed by atoms with Crippen molar-refractivity contribution in [2.75, 3.05) is 0 Å². The number of rotatable bonds is 3. The minimum absolute atomic E-state index is 0.201. The average Bonchev–Trinajstić information content (AvgIpc) is 3.16. The van der Waals surface area contributed by atoms with Crippen LogP contribution in [0.1, 0.15) is 55.8 Å². The lowest BCUT2D eigenvalue weighted by Crippen LogP contribution is -2.19. The Kier molecular flexibility index (Phi) is 4.70. The van der Waals surface area contributed by atoms with Crippen molar-refractivity contribution in [2.45, 2.75) is 44.4 Å². The average molecular weight is 409 g/mol. The Balaban J connectivity index is 1.34. The van der Waals surface area contributed by atoms with E-state index >= 15 is 0 Å². The summed E-state index contributed by atoms with van der Waals surface area (Å²) in [5.41, 5.74) is 3.70. The largest absolute Gasteiger partial charge is 0.340 e. The molecule has 0 unspecified atom stereocenters. The van der Waals surface area contributed by atoms with Gasteiger partial charge in [-0.05, 0) is 73.4 Å². The molecule has 0 bridgehead atoms. The molecule has 1 atom stereocenters. The molecule has 0 radical (unpaired) electrons. The van der Waals surface area contributed by atoms with Gasteiger partial charge in [-0.15, -0.1) is 0 Å². The molecule has 1 N–H and O–H groups in total. The maximum absolute atomic E-state index is 13.8. The van der Waals surface area contributed by atoms with Crippen molar-refractivity contribution in [3.63, 3.8) is 0 Å². The lowest BCUT2D eigenvalue weighted by Gasteiger charge is -2.32. The van der Waals surface area contributed by atoms with Gasteiger partial charge in [0.2, 0.25) is 0 Å². The van der Waals surface area contributed by atoms with Gasteiger partial charge in [-0.25, -0.2) is 14.4 Å². The van der Waals surface area contributed by atoms with E-state index in [9.17, 15) is 4.39 Å². The minimum atomic E-state index is -0.201. The first-order valence-corrected chi connectivity index (χ1v) is 10.5. The normalized spacial score (nSPS) is 20.9. The van der Waals surface area contributed by atoms with Crippen molar-refractivity contribution >= 4 is 33.7 Å². The minimum Gasteiger partial charge on any atom is -0.340 e. The fraction of sp³-hybridized carbons (Fsp3) is 0.348. The highest BCUT2D eigenvalue weighted by Crippen LogP contribution is 2.42. The summed E-state index contributed by atoms with van der Waals surface area (Å²) >= 11 is 6.04. The van der Waals surface area contributed by atoms with Gasteiger partial charge in [0.1, 0.15) is 11.6 Å². The van der Waals surface area contributed by atoms with Crippen LogP contribution < -0.4 is 0 Å². The number of hydrogen-bond acceptors (Lipinski definition) is 3. The van der Waals surface area contributed by atoms with E-state index in [-0.39, 0.29) is 5.82 Å². The van der Waals surface area contributed by atoms with E-state index in [1.54, 1.807) is 18.3 Å². The van der Waals surface area contributed by atoms with Gasteiger partial charge in [-0.1, -0.05) is 18.5 Å². The molecular formula is C23H22ClFN4. The Hall–Kier alpha value is -2.53. The number of benzene rings is 1. The topological polar surface area (TPSA) is 54.5 Å². The van der Waals surface area contributed by atoms with Gasteiger partial charge in [0.05, 0.1) is 16.1 Å². The summed E-state index contributed by atoms with van der Waals surface area (Å²) < 4.78 is 13.8. The molecule has 6 heteroatoms. The van der Waals surface area contributed by atoms with Crippen LogP contribution in [0, 0.1) is 11.7 Å². The number of halogens is 2. The number of imidazole rings is 1. The number of aromatic nitrogens is 4. The van der Waals surface area contributed by atoms with Crippen LogP contribution in [-0.4, -0.2) is 19.9 Å². The highest BCUT2D eigenvalue weighted by Gasteiger charge is 2.29. The number of fused-ring (bicyclic) bond motifs is 2. The first-order chi connectivity index (χ1) is 14.1. The quantitative estimate of drug-likeness (QED) is 0.428. The fourth-order valence-electron chi connectivity index (χ4n) is 4.76. The van der Waals surface area contributed by atoms with Crippen LogP contribution in [0.15, 0.2) is 42.7 Å². The van der Waals surface area contributed by atoms with Gasteiger partial charge in [0.15, 0.2) is 5.65 Å². The van der Waals surface area contributed by atoms with E-state index in [1.807, 2.05) is 12.3 Å². The van der Waals surface area contributed by atoms with Crippen LogP contribution in [0.2, 0.25) is 5.02 Å². The summed E-state index contributed by atoms with van der Waals surface area (Å²) in [7, 11) is 0. The number of nitrogens with one attached hydrogen (secondary N) is 1. The molecule has 0 amide bonds. The van der Waals surface area contributed by atoms with E-state index in [4.69, 9.17) is 11.6 Å². The molecule has 0 saturated heterocycles. The van der Waals surface area contributed by atoms with E-state index < -0.39 is 0 Å². The molecule has 3 heterocycles. The summed E-state index contributed by atoms with van der Waals surface area (Å²) in [6.07, 6.45) is 7.90. The van der Waals surface area contributed by atoms with Crippen molar-refractivity contribution in [2.24, 2.45) is 5.92 Å². The van der Waals surface area contributed by atoms with Crippen LogP contribution >= 0.6 is 11.6 Å². The van der Waals surface area contributed by atoms with Gasteiger partial charge < -0.3 is 4.98 Å². The van der Waals surface area contributed by atoms with Gasteiger partial charge in [-0.3, -0.25) is 4.98 Å². The second-order valence-corrected chi connectivity index (χ2v) is 8.55. The Labute approximate surface area is 173 Å². The van der Waals surface area contributed by atoms with E-state index in [0.29, 0.717) is 22.8 Å². The molecule has 148 valence electrons. The second-order valence-electron chi connectivity index (χ2n) is 8.11. The summed E-state index contributed by atoms with van der Waals surface area (Å²) in [6.45, 7) is 2.24. The zero-order valence-electron chi connectivity index (χ0n) is 16.2. The molecule has 0 spiro atoms. The predicted octanol–water partition coefficient (Wildman–Crippen LogP) is 6.38. The van der Waals surface area contributed by atoms with Crippen LogP contribution in [0.25, 0.3) is 22.1 Å². The number of pyridine rings is 2. The third-order valence-electron chi connectivity index (χ3n) is 6.41. The molecule has 1 saturated carbocycles. The number of H-pyrrole nitrogens is 1. The molecule has 29 heavy (non-hydrogen) atoms. The lowest BCUT2D eigenvalue weighted by molar-refractivity contribution is 0.286. The van der Waals surface area contributed by atoms with Crippen molar-refractivity contribution in [1.82, 2.24) is 19.9 Å². The van der Waals surface area contributed by atoms with Crippen molar-refractivity contribution in [1.29, 1.82) is 0 Å². The molecule has 1 aliphatic rings. The second kappa shape index (κ2) is 7.38. The van der Waals surface area contributed by atoms with Gasteiger partial charge >= 0.3 is 0 Å². The van der Waals surface area contributed by atoms with Crippen LogP contribution in [0.5, 0.6) is 0 Å².